The number of aliphatic hydroxyl groups excluding tert-OH is 1. The number of allylic oxidation sites excluding steroid dienone is 1. The molecule has 2 aromatic rings. The first kappa shape index (κ1) is 38.9. The minimum Gasteiger partial charge on any atom is -0.455 e. The zero-order valence-corrected chi connectivity index (χ0v) is 32.1. The molecular formula is C42H52BrN3O7. The lowest BCUT2D eigenvalue weighted by molar-refractivity contribution is -0.162. The summed E-state index contributed by atoms with van der Waals surface area (Å²) in [4.78, 5) is 60.6. The molecule has 4 aliphatic rings. The standard InChI is InChI=1S/C42H52BrN3O7/c1-4-6-22-33(48)44-27(3)36(29-18-12-8-13-19-29)52-41(51)34-35-39(49)46(31(26-47)24-28-16-10-7-11-17-28)38(42(35)25-32(43)37(34)53-42)40(50)45(23-5-2)30-20-14-9-15-21-30/h4-5,7-8,10-13,16-19,27,30-32,34-38,47H,1-2,6,9,14-15,20-26H2,3H3,(H,44,48)/t27-,31+,32?,34+,35-,36-,37+,38+,42-/m0/s1. The van der Waals surface area contributed by atoms with Crippen molar-refractivity contribution in [1.82, 2.24) is 15.1 Å². The van der Waals surface area contributed by atoms with Crippen LogP contribution in [0.1, 0.15) is 75.5 Å². The number of hydrogen-bond donors (Lipinski definition) is 2. The van der Waals surface area contributed by atoms with E-state index in [0.29, 0.717) is 31.4 Å². The molecule has 1 aliphatic carbocycles. The summed E-state index contributed by atoms with van der Waals surface area (Å²) in [5, 5.41) is 13.9. The second-order valence-electron chi connectivity index (χ2n) is 15.0. The molecule has 4 fully saturated rings. The number of carbonyl (C=O) groups excluding carboxylic acids is 4. The minimum atomic E-state index is -1.33. The molecule has 11 heteroatoms. The van der Waals surface area contributed by atoms with Gasteiger partial charge in [-0.15, -0.1) is 13.2 Å². The lowest BCUT2D eigenvalue weighted by Gasteiger charge is -2.42. The van der Waals surface area contributed by atoms with E-state index in [1.807, 2.05) is 65.6 Å². The topological polar surface area (TPSA) is 125 Å². The SMILES string of the molecule is C=CCCC(=O)N[C@@H](C)[C@H](OC(=O)[C@H]1[C@@H]2O[C@@]3(CC2Br)[C@@H]1C(=O)N([C@@H](CO)Cc1ccccc1)[C@@H]3C(=O)N(CC=C)C1CCCCC1)c1ccccc1. The fourth-order valence-electron chi connectivity index (χ4n) is 9.19. The van der Waals surface area contributed by atoms with E-state index in [1.165, 1.54) is 4.90 Å². The molecule has 1 spiro atoms. The van der Waals surface area contributed by atoms with Gasteiger partial charge in [-0.1, -0.05) is 108 Å². The van der Waals surface area contributed by atoms with Crippen molar-refractivity contribution in [2.24, 2.45) is 11.8 Å². The molecule has 1 saturated carbocycles. The Bertz CT molecular complexity index is 1640. The fraction of sp³-hybridized carbons (Fsp3) is 0.524. The molecule has 0 radical (unpaired) electrons. The monoisotopic (exact) mass is 789 g/mol. The van der Waals surface area contributed by atoms with E-state index < -0.39 is 59.6 Å². The molecule has 2 bridgehead atoms. The third kappa shape index (κ3) is 7.75. The zero-order chi connectivity index (χ0) is 37.7. The van der Waals surface area contributed by atoms with Crippen LogP contribution in [-0.2, 0) is 35.1 Å². The van der Waals surface area contributed by atoms with Crippen molar-refractivity contribution in [3.8, 4) is 0 Å². The summed E-state index contributed by atoms with van der Waals surface area (Å²) >= 11 is 3.78. The maximum atomic E-state index is 15.1. The number of likely N-dealkylation sites (tertiary alicyclic amines) is 1. The molecule has 6 rings (SSSR count). The van der Waals surface area contributed by atoms with Crippen LogP contribution in [0.4, 0.5) is 0 Å². The molecule has 10 nitrogen and oxygen atoms in total. The molecular weight excluding hydrogens is 738 g/mol. The number of ether oxygens (including phenoxy) is 2. The van der Waals surface area contributed by atoms with Crippen LogP contribution >= 0.6 is 15.9 Å². The van der Waals surface area contributed by atoms with Gasteiger partial charge in [0.25, 0.3) is 0 Å². The lowest BCUT2D eigenvalue weighted by atomic mass is 9.70. The molecule has 53 heavy (non-hydrogen) atoms. The molecule has 1 unspecified atom stereocenters. The maximum absolute atomic E-state index is 15.1. The van der Waals surface area contributed by atoms with Gasteiger partial charge in [0.2, 0.25) is 17.7 Å². The molecule has 3 aliphatic heterocycles. The Morgan fingerprint density at radius 3 is 2.40 bits per heavy atom. The first-order valence-corrected chi connectivity index (χ1v) is 19.9. The number of rotatable bonds is 16. The summed E-state index contributed by atoms with van der Waals surface area (Å²) in [6.07, 6.45) is 8.04. The van der Waals surface area contributed by atoms with Crippen LogP contribution in [0.5, 0.6) is 0 Å². The molecule has 3 saturated heterocycles. The second-order valence-corrected chi connectivity index (χ2v) is 16.1. The van der Waals surface area contributed by atoms with Crippen LogP contribution in [0.3, 0.4) is 0 Å². The Morgan fingerprint density at radius 1 is 1.08 bits per heavy atom. The number of aliphatic hydroxyl groups is 1. The van der Waals surface area contributed by atoms with Gasteiger partial charge in [-0.25, -0.2) is 0 Å². The van der Waals surface area contributed by atoms with Crippen LogP contribution in [0.15, 0.2) is 86.0 Å². The highest BCUT2D eigenvalue weighted by Crippen LogP contribution is 2.61. The summed E-state index contributed by atoms with van der Waals surface area (Å²) in [5.74, 6) is -3.52. The predicted molar refractivity (Wildman–Crippen MR) is 205 cm³/mol. The third-order valence-corrected chi connectivity index (χ3v) is 12.4. The van der Waals surface area contributed by atoms with E-state index in [-0.39, 0.29) is 35.7 Å². The van der Waals surface area contributed by atoms with Gasteiger partial charge in [0.05, 0.1) is 36.6 Å². The quantitative estimate of drug-likeness (QED) is 0.132. The highest BCUT2D eigenvalue weighted by molar-refractivity contribution is 9.09. The molecule has 3 amide bonds. The van der Waals surface area contributed by atoms with E-state index in [2.05, 4.69) is 34.4 Å². The summed E-state index contributed by atoms with van der Waals surface area (Å²) in [5.41, 5.74) is 0.265. The molecule has 2 aromatic carbocycles. The van der Waals surface area contributed by atoms with Gasteiger partial charge in [0.15, 0.2) is 0 Å². The predicted octanol–water partition coefficient (Wildman–Crippen LogP) is 5.44. The molecule has 0 aromatic heterocycles. The summed E-state index contributed by atoms with van der Waals surface area (Å²) < 4.78 is 13.2. The second kappa shape index (κ2) is 17.1. The van der Waals surface area contributed by atoms with Crippen LogP contribution in [-0.4, -0.2) is 92.4 Å². The average molecular weight is 791 g/mol. The summed E-state index contributed by atoms with van der Waals surface area (Å²) in [7, 11) is 0. The summed E-state index contributed by atoms with van der Waals surface area (Å²) in [6, 6.07) is 16.4. The van der Waals surface area contributed by atoms with Crippen molar-refractivity contribution in [2.75, 3.05) is 13.2 Å². The first-order chi connectivity index (χ1) is 25.6. The van der Waals surface area contributed by atoms with E-state index in [4.69, 9.17) is 9.47 Å². The van der Waals surface area contributed by atoms with Gasteiger partial charge in [-0.3, -0.25) is 19.2 Å². The van der Waals surface area contributed by atoms with Crippen LogP contribution in [0.2, 0.25) is 0 Å². The Labute approximate surface area is 321 Å². The van der Waals surface area contributed by atoms with E-state index in [9.17, 15) is 14.7 Å². The zero-order valence-electron chi connectivity index (χ0n) is 30.5. The van der Waals surface area contributed by atoms with Crippen LogP contribution in [0.25, 0.3) is 0 Å². The molecule has 284 valence electrons. The van der Waals surface area contributed by atoms with Crippen LogP contribution < -0.4 is 5.32 Å². The fourth-order valence-corrected chi connectivity index (χ4v) is 10.1. The third-order valence-electron chi connectivity index (χ3n) is 11.6. The normalized spacial score (nSPS) is 28.1. The number of fused-ring (bicyclic) bond motifs is 1. The molecule has 3 heterocycles. The highest BCUT2D eigenvalue weighted by atomic mass is 79.9. The van der Waals surface area contributed by atoms with Crippen LogP contribution in [0, 0.1) is 11.8 Å². The number of halogens is 1. The Hall–Kier alpha value is -3.80. The number of alkyl halides is 1. The number of nitrogens with one attached hydrogen (secondary N) is 1. The van der Waals surface area contributed by atoms with E-state index in [1.54, 1.807) is 19.1 Å². The Kier molecular flexibility index (Phi) is 12.6. The summed E-state index contributed by atoms with van der Waals surface area (Å²) in [6.45, 7) is 9.37. The maximum Gasteiger partial charge on any atom is 0.313 e. The van der Waals surface area contributed by atoms with Gasteiger partial charge >= 0.3 is 5.97 Å². The van der Waals surface area contributed by atoms with Gasteiger partial charge in [-0.2, -0.15) is 0 Å². The average Bonchev–Trinajstić information content (AvgIpc) is 3.78. The number of benzene rings is 2. The number of amides is 3. The number of hydrogen-bond acceptors (Lipinski definition) is 7. The van der Waals surface area contributed by atoms with E-state index in [0.717, 1.165) is 37.7 Å². The Morgan fingerprint density at radius 2 is 1.75 bits per heavy atom. The largest absolute Gasteiger partial charge is 0.455 e. The van der Waals surface area contributed by atoms with Crippen molar-refractivity contribution >= 4 is 39.6 Å². The number of carbonyl (C=O) groups is 4. The van der Waals surface area contributed by atoms with Crippen molar-refractivity contribution in [1.29, 1.82) is 0 Å². The first-order valence-electron chi connectivity index (χ1n) is 19.0. The van der Waals surface area contributed by atoms with Gasteiger partial charge < -0.3 is 29.7 Å². The van der Waals surface area contributed by atoms with Gasteiger partial charge in [-0.05, 0) is 50.2 Å². The Balaban J connectivity index is 1.37. The molecule has 2 N–H and O–H groups in total. The van der Waals surface area contributed by atoms with Crippen molar-refractivity contribution < 1.29 is 33.8 Å². The van der Waals surface area contributed by atoms with Gasteiger partial charge in [0.1, 0.15) is 17.7 Å². The van der Waals surface area contributed by atoms with Gasteiger partial charge in [0, 0.05) is 23.8 Å². The number of nitrogens with zero attached hydrogens (tertiary/aromatic N) is 2. The van der Waals surface area contributed by atoms with Crippen molar-refractivity contribution in [3.05, 3.63) is 97.1 Å². The van der Waals surface area contributed by atoms with Crippen molar-refractivity contribution in [3.63, 3.8) is 0 Å². The number of esters is 1. The van der Waals surface area contributed by atoms with Crippen molar-refractivity contribution in [2.45, 2.75) is 112 Å². The smallest absolute Gasteiger partial charge is 0.313 e. The minimum absolute atomic E-state index is 0.0164. The van der Waals surface area contributed by atoms with E-state index >= 15 is 9.59 Å². The highest BCUT2D eigenvalue weighted by Gasteiger charge is 2.77. The molecule has 9 atom stereocenters. The lowest BCUT2D eigenvalue weighted by Crippen LogP contribution is -2.61.